The molecule has 0 radical (unpaired) electrons. The van der Waals surface area contributed by atoms with Gasteiger partial charge in [-0.1, -0.05) is 13.8 Å². The highest BCUT2D eigenvalue weighted by Gasteiger charge is 2.25. The van der Waals surface area contributed by atoms with Gasteiger partial charge in [-0.15, -0.1) is 0 Å². The van der Waals surface area contributed by atoms with E-state index in [-0.39, 0.29) is 5.41 Å². The number of hydrogen-bond acceptors (Lipinski definition) is 4. The molecule has 19 heavy (non-hydrogen) atoms. The SMILES string of the molecule is Cn1cc(C(C)(O)CNCC(C)(C)CCC#N)cn1. The molecule has 0 aromatic carbocycles. The number of aromatic nitrogens is 2. The van der Waals surface area contributed by atoms with Crippen LogP contribution < -0.4 is 5.32 Å². The lowest BCUT2D eigenvalue weighted by atomic mass is 9.87. The van der Waals surface area contributed by atoms with Gasteiger partial charge in [0.15, 0.2) is 0 Å². The van der Waals surface area contributed by atoms with Crippen LogP contribution in [-0.2, 0) is 12.6 Å². The first-order valence-corrected chi connectivity index (χ1v) is 6.56. The van der Waals surface area contributed by atoms with Crippen molar-refractivity contribution in [2.45, 2.75) is 39.2 Å². The zero-order valence-electron chi connectivity index (χ0n) is 12.3. The Balaban J connectivity index is 2.46. The van der Waals surface area contributed by atoms with Crippen LogP contribution in [0, 0.1) is 16.7 Å². The molecule has 0 aliphatic heterocycles. The van der Waals surface area contributed by atoms with E-state index in [0.717, 1.165) is 18.5 Å². The second-order valence-corrected chi connectivity index (χ2v) is 6.10. The summed E-state index contributed by atoms with van der Waals surface area (Å²) in [4.78, 5) is 0. The van der Waals surface area contributed by atoms with E-state index in [9.17, 15) is 5.11 Å². The molecule has 1 atom stereocenters. The monoisotopic (exact) mass is 264 g/mol. The maximum Gasteiger partial charge on any atom is 0.102 e. The highest BCUT2D eigenvalue weighted by Crippen LogP contribution is 2.22. The Labute approximate surface area is 115 Å². The topological polar surface area (TPSA) is 73.9 Å². The largest absolute Gasteiger partial charge is 0.384 e. The van der Waals surface area contributed by atoms with Crippen LogP contribution in [0.3, 0.4) is 0 Å². The van der Waals surface area contributed by atoms with Crippen molar-refractivity contribution in [3.05, 3.63) is 18.0 Å². The van der Waals surface area contributed by atoms with Crippen molar-refractivity contribution in [2.24, 2.45) is 12.5 Å². The van der Waals surface area contributed by atoms with E-state index in [1.54, 1.807) is 17.8 Å². The Morgan fingerprint density at radius 3 is 2.63 bits per heavy atom. The summed E-state index contributed by atoms with van der Waals surface area (Å²) in [5.74, 6) is 0. The molecule has 1 heterocycles. The highest BCUT2D eigenvalue weighted by molar-refractivity contribution is 5.14. The maximum absolute atomic E-state index is 10.4. The van der Waals surface area contributed by atoms with Crippen LogP contribution in [0.2, 0.25) is 0 Å². The number of hydrogen-bond donors (Lipinski definition) is 2. The zero-order chi connectivity index (χ0) is 14.5. The van der Waals surface area contributed by atoms with Gasteiger partial charge in [-0.05, 0) is 18.8 Å². The number of nitriles is 1. The maximum atomic E-state index is 10.4. The summed E-state index contributed by atoms with van der Waals surface area (Å²) >= 11 is 0. The first-order chi connectivity index (χ1) is 8.77. The average Bonchev–Trinajstić information content (AvgIpc) is 2.73. The van der Waals surface area contributed by atoms with Gasteiger partial charge in [0.25, 0.3) is 0 Å². The summed E-state index contributed by atoms with van der Waals surface area (Å²) in [5, 5.41) is 26.4. The van der Waals surface area contributed by atoms with E-state index in [2.05, 4.69) is 30.3 Å². The van der Waals surface area contributed by atoms with Gasteiger partial charge in [-0.3, -0.25) is 4.68 Å². The van der Waals surface area contributed by atoms with Crippen molar-refractivity contribution in [1.29, 1.82) is 5.26 Å². The third-order valence-corrected chi connectivity index (χ3v) is 3.31. The van der Waals surface area contributed by atoms with Crippen molar-refractivity contribution in [1.82, 2.24) is 15.1 Å². The number of aliphatic hydroxyl groups is 1. The molecule has 0 spiro atoms. The summed E-state index contributed by atoms with van der Waals surface area (Å²) in [6, 6.07) is 2.17. The van der Waals surface area contributed by atoms with Gasteiger partial charge in [0.2, 0.25) is 0 Å². The van der Waals surface area contributed by atoms with Gasteiger partial charge in [0, 0.05) is 38.3 Å². The average molecular weight is 264 g/mol. The molecule has 0 aliphatic carbocycles. The summed E-state index contributed by atoms with van der Waals surface area (Å²) in [5.41, 5.74) is -0.0716. The number of aryl methyl sites for hydroxylation is 1. The third-order valence-electron chi connectivity index (χ3n) is 3.31. The molecular formula is C14H24N4O. The van der Waals surface area contributed by atoms with Crippen LogP contribution in [-0.4, -0.2) is 28.0 Å². The van der Waals surface area contributed by atoms with Crippen LogP contribution in [0.15, 0.2) is 12.4 Å². The summed E-state index contributed by atoms with van der Waals surface area (Å²) in [6.07, 6.45) is 4.92. The lowest BCUT2D eigenvalue weighted by molar-refractivity contribution is 0.0541. The fourth-order valence-corrected chi connectivity index (χ4v) is 1.93. The van der Waals surface area contributed by atoms with Crippen molar-refractivity contribution >= 4 is 0 Å². The predicted molar refractivity (Wildman–Crippen MR) is 74.3 cm³/mol. The van der Waals surface area contributed by atoms with Crippen LogP contribution in [0.4, 0.5) is 0 Å². The standard InChI is InChI=1S/C14H24N4O/c1-13(2,6-5-7-15)10-16-11-14(3,19)12-8-17-18(4)9-12/h8-9,16,19H,5-6,10-11H2,1-4H3. The van der Waals surface area contributed by atoms with E-state index < -0.39 is 5.60 Å². The zero-order valence-corrected chi connectivity index (χ0v) is 12.3. The summed E-state index contributed by atoms with van der Waals surface area (Å²) < 4.78 is 1.68. The molecule has 0 saturated heterocycles. The molecule has 0 amide bonds. The molecule has 0 bridgehead atoms. The summed E-state index contributed by atoms with van der Waals surface area (Å²) in [6.45, 7) is 7.26. The lowest BCUT2D eigenvalue weighted by Gasteiger charge is -2.28. The van der Waals surface area contributed by atoms with Gasteiger partial charge < -0.3 is 10.4 Å². The summed E-state index contributed by atoms with van der Waals surface area (Å²) in [7, 11) is 1.83. The fraction of sp³-hybridized carbons (Fsp3) is 0.714. The molecule has 0 saturated carbocycles. The molecule has 1 unspecified atom stereocenters. The molecule has 1 aromatic rings. The van der Waals surface area contributed by atoms with Crippen molar-refractivity contribution in [3.8, 4) is 6.07 Å². The number of rotatable bonds is 7. The number of nitrogens with zero attached hydrogens (tertiary/aromatic N) is 3. The van der Waals surface area contributed by atoms with Gasteiger partial charge in [0.1, 0.15) is 5.60 Å². The Hall–Kier alpha value is -1.38. The molecular weight excluding hydrogens is 240 g/mol. The first kappa shape index (κ1) is 15.7. The van der Waals surface area contributed by atoms with Gasteiger partial charge in [-0.2, -0.15) is 10.4 Å². The lowest BCUT2D eigenvalue weighted by Crippen LogP contribution is -2.39. The third kappa shape index (κ3) is 5.01. The first-order valence-electron chi connectivity index (χ1n) is 6.56. The Morgan fingerprint density at radius 2 is 2.11 bits per heavy atom. The van der Waals surface area contributed by atoms with E-state index in [0.29, 0.717) is 13.0 Å². The van der Waals surface area contributed by atoms with E-state index >= 15 is 0 Å². The Kier molecular flexibility index (Phi) is 5.10. The van der Waals surface area contributed by atoms with Crippen LogP contribution >= 0.6 is 0 Å². The van der Waals surface area contributed by atoms with Crippen LogP contribution in [0.5, 0.6) is 0 Å². The van der Waals surface area contributed by atoms with Gasteiger partial charge >= 0.3 is 0 Å². The molecule has 5 nitrogen and oxygen atoms in total. The van der Waals surface area contributed by atoms with Crippen molar-refractivity contribution in [2.75, 3.05) is 13.1 Å². The molecule has 1 rings (SSSR count). The molecule has 1 aromatic heterocycles. The normalized spacial score (nSPS) is 14.9. The van der Waals surface area contributed by atoms with E-state index in [4.69, 9.17) is 5.26 Å². The van der Waals surface area contributed by atoms with Crippen molar-refractivity contribution < 1.29 is 5.11 Å². The Bertz CT molecular complexity index is 443. The van der Waals surface area contributed by atoms with Crippen LogP contribution in [0.25, 0.3) is 0 Å². The number of nitrogens with one attached hydrogen (secondary N) is 1. The van der Waals surface area contributed by atoms with E-state index in [1.165, 1.54) is 0 Å². The fourth-order valence-electron chi connectivity index (χ4n) is 1.93. The molecule has 0 fully saturated rings. The van der Waals surface area contributed by atoms with E-state index in [1.807, 2.05) is 13.2 Å². The second-order valence-electron chi connectivity index (χ2n) is 6.10. The molecule has 5 heteroatoms. The van der Waals surface area contributed by atoms with Crippen molar-refractivity contribution in [3.63, 3.8) is 0 Å². The van der Waals surface area contributed by atoms with Crippen LogP contribution in [0.1, 0.15) is 39.2 Å². The quantitative estimate of drug-likeness (QED) is 0.783. The van der Waals surface area contributed by atoms with Gasteiger partial charge in [-0.25, -0.2) is 0 Å². The van der Waals surface area contributed by atoms with Gasteiger partial charge in [0.05, 0.1) is 12.3 Å². The smallest absolute Gasteiger partial charge is 0.102 e. The molecule has 0 aliphatic rings. The minimum atomic E-state index is -0.931. The Morgan fingerprint density at radius 1 is 1.42 bits per heavy atom. The molecule has 106 valence electrons. The molecule has 2 N–H and O–H groups in total. The predicted octanol–water partition coefficient (Wildman–Crippen LogP) is 1.55. The second kappa shape index (κ2) is 6.18. The highest BCUT2D eigenvalue weighted by atomic mass is 16.3. The minimum absolute atomic E-state index is 0.0563. The minimum Gasteiger partial charge on any atom is -0.384 e.